The third kappa shape index (κ3) is 3.44. The molecule has 0 bridgehead atoms. The highest BCUT2D eigenvalue weighted by Gasteiger charge is 2.22. The standard InChI is InChI=1S/C19H18N4O2/c24-19(15-7-4-8-20-9-15)21-10-16-11-23-12-17(22-18(23)13-25-16)14-5-2-1-3-6-14/h1-9,12,16H,10-11,13H2,(H,21,24)/t16-/m0/s1. The molecule has 3 aromatic rings. The molecule has 25 heavy (non-hydrogen) atoms. The number of nitrogens with zero attached hydrogens (tertiary/aromatic N) is 3. The molecule has 0 spiro atoms. The van der Waals surface area contributed by atoms with Gasteiger partial charge in [-0.25, -0.2) is 4.98 Å². The Labute approximate surface area is 145 Å². The molecule has 1 aliphatic rings. The molecule has 1 aliphatic heterocycles. The molecule has 1 aromatic carbocycles. The van der Waals surface area contributed by atoms with E-state index in [0.29, 0.717) is 25.3 Å². The van der Waals surface area contributed by atoms with Crippen LogP contribution in [0.4, 0.5) is 0 Å². The lowest BCUT2D eigenvalue weighted by molar-refractivity contribution is 0.00327. The monoisotopic (exact) mass is 334 g/mol. The number of nitrogens with one attached hydrogen (secondary N) is 1. The predicted molar refractivity (Wildman–Crippen MR) is 92.8 cm³/mol. The number of amides is 1. The van der Waals surface area contributed by atoms with Gasteiger partial charge in [-0.3, -0.25) is 9.78 Å². The molecule has 0 aliphatic carbocycles. The van der Waals surface area contributed by atoms with Gasteiger partial charge in [0.15, 0.2) is 0 Å². The summed E-state index contributed by atoms with van der Waals surface area (Å²) in [6.07, 6.45) is 5.16. The molecule has 1 N–H and O–H groups in total. The van der Waals surface area contributed by atoms with Gasteiger partial charge in [-0.1, -0.05) is 30.3 Å². The largest absolute Gasteiger partial charge is 0.367 e. The van der Waals surface area contributed by atoms with E-state index >= 15 is 0 Å². The van der Waals surface area contributed by atoms with Crippen molar-refractivity contribution in [2.24, 2.45) is 0 Å². The maximum atomic E-state index is 12.1. The summed E-state index contributed by atoms with van der Waals surface area (Å²) in [5, 5.41) is 2.90. The van der Waals surface area contributed by atoms with Gasteiger partial charge in [0.05, 0.1) is 23.9 Å². The van der Waals surface area contributed by atoms with E-state index in [9.17, 15) is 4.79 Å². The molecule has 126 valence electrons. The maximum absolute atomic E-state index is 12.1. The van der Waals surface area contributed by atoms with Crippen LogP contribution in [0.15, 0.2) is 61.1 Å². The fourth-order valence-corrected chi connectivity index (χ4v) is 2.87. The van der Waals surface area contributed by atoms with Gasteiger partial charge >= 0.3 is 0 Å². The van der Waals surface area contributed by atoms with E-state index in [1.54, 1.807) is 24.5 Å². The second kappa shape index (κ2) is 6.86. The van der Waals surface area contributed by atoms with Crippen LogP contribution in [0, 0.1) is 0 Å². The van der Waals surface area contributed by atoms with Gasteiger partial charge in [-0.2, -0.15) is 0 Å². The molecular weight excluding hydrogens is 316 g/mol. The number of hydrogen-bond acceptors (Lipinski definition) is 4. The molecule has 0 fully saturated rings. The molecule has 2 aromatic heterocycles. The Morgan fingerprint density at radius 3 is 2.92 bits per heavy atom. The molecule has 1 amide bonds. The number of hydrogen-bond donors (Lipinski definition) is 1. The SMILES string of the molecule is O=C(NC[C@H]1Cn2cc(-c3ccccc3)nc2CO1)c1cccnc1. The van der Waals surface area contributed by atoms with Gasteiger partial charge in [-0.15, -0.1) is 0 Å². The van der Waals surface area contributed by atoms with Gasteiger partial charge in [0.2, 0.25) is 0 Å². The normalized spacial score (nSPS) is 16.2. The first kappa shape index (κ1) is 15.5. The third-order valence-electron chi connectivity index (χ3n) is 4.19. The molecule has 3 heterocycles. The van der Waals surface area contributed by atoms with Crippen molar-refractivity contribution in [3.63, 3.8) is 0 Å². The first-order valence-corrected chi connectivity index (χ1v) is 8.21. The number of ether oxygens (including phenoxy) is 1. The smallest absolute Gasteiger partial charge is 0.252 e. The molecular formula is C19H18N4O2. The molecule has 0 radical (unpaired) electrons. The lowest BCUT2D eigenvalue weighted by atomic mass is 10.2. The van der Waals surface area contributed by atoms with Crippen molar-refractivity contribution >= 4 is 5.91 Å². The van der Waals surface area contributed by atoms with Crippen LogP contribution in [0.2, 0.25) is 0 Å². The minimum absolute atomic E-state index is 0.0778. The van der Waals surface area contributed by atoms with Crippen LogP contribution >= 0.6 is 0 Å². The van der Waals surface area contributed by atoms with E-state index in [1.807, 2.05) is 36.5 Å². The summed E-state index contributed by atoms with van der Waals surface area (Å²) in [6, 6.07) is 13.6. The molecule has 0 saturated carbocycles. The van der Waals surface area contributed by atoms with Crippen LogP contribution in [0.25, 0.3) is 11.3 Å². The fraction of sp³-hybridized carbons (Fsp3) is 0.211. The van der Waals surface area contributed by atoms with Crippen LogP contribution in [-0.4, -0.2) is 33.1 Å². The van der Waals surface area contributed by atoms with Crippen LogP contribution in [-0.2, 0) is 17.9 Å². The van der Waals surface area contributed by atoms with E-state index in [1.165, 1.54) is 0 Å². The van der Waals surface area contributed by atoms with Crippen molar-refractivity contribution in [3.8, 4) is 11.3 Å². The number of fused-ring (bicyclic) bond motifs is 1. The van der Waals surface area contributed by atoms with Gasteiger partial charge in [0.1, 0.15) is 12.4 Å². The lowest BCUT2D eigenvalue weighted by Crippen LogP contribution is -2.38. The minimum atomic E-state index is -0.141. The van der Waals surface area contributed by atoms with E-state index in [-0.39, 0.29) is 12.0 Å². The summed E-state index contributed by atoms with van der Waals surface area (Å²) >= 11 is 0. The zero-order valence-electron chi connectivity index (χ0n) is 13.6. The number of imidazole rings is 1. The number of carbonyl (C=O) groups excluding carboxylic acids is 1. The highest BCUT2D eigenvalue weighted by Crippen LogP contribution is 2.21. The quantitative estimate of drug-likeness (QED) is 0.795. The van der Waals surface area contributed by atoms with Gasteiger partial charge in [0, 0.05) is 30.7 Å². The van der Waals surface area contributed by atoms with Crippen molar-refractivity contribution in [2.75, 3.05) is 6.54 Å². The molecule has 0 saturated heterocycles. The molecule has 0 unspecified atom stereocenters. The number of carbonyl (C=O) groups is 1. The maximum Gasteiger partial charge on any atom is 0.252 e. The van der Waals surface area contributed by atoms with Crippen LogP contribution in [0.1, 0.15) is 16.2 Å². The Hall–Kier alpha value is -2.99. The van der Waals surface area contributed by atoms with Gasteiger partial charge < -0.3 is 14.6 Å². The Bertz CT molecular complexity index is 862. The summed E-state index contributed by atoms with van der Waals surface area (Å²) in [5.74, 6) is 0.770. The third-order valence-corrected chi connectivity index (χ3v) is 4.19. The Balaban J connectivity index is 1.40. The average molecular weight is 334 g/mol. The number of pyridine rings is 1. The molecule has 4 rings (SSSR count). The van der Waals surface area contributed by atoms with Crippen molar-refractivity contribution in [1.29, 1.82) is 0 Å². The molecule has 1 atom stereocenters. The van der Waals surface area contributed by atoms with Crippen molar-refractivity contribution in [3.05, 3.63) is 72.4 Å². The highest BCUT2D eigenvalue weighted by atomic mass is 16.5. The average Bonchev–Trinajstić information content (AvgIpc) is 3.11. The predicted octanol–water partition coefficient (Wildman–Crippen LogP) is 2.27. The number of rotatable bonds is 4. The minimum Gasteiger partial charge on any atom is -0.367 e. The van der Waals surface area contributed by atoms with Crippen LogP contribution < -0.4 is 5.32 Å². The van der Waals surface area contributed by atoms with Crippen molar-refractivity contribution in [2.45, 2.75) is 19.3 Å². The summed E-state index contributed by atoms with van der Waals surface area (Å²) in [5.41, 5.74) is 2.58. The highest BCUT2D eigenvalue weighted by molar-refractivity contribution is 5.93. The summed E-state index contributed by atoms with van der Waals surface area (Å²) in [6.45, 7) is 1.56. The Morgan fingerprint density at radius 1 is 1.24 bits per heavy atom. The van der Waals surface area contributed by atoms with Crippen LogP contribution in [0.5, 0.6) is 0 Å². The van der Waals surface area contributed by atoms with Crippen LogP contribution in [0.3, 0.4) is 0 Å². The van der Waals surface area contributed by atoms with E-state index in [2.05, 4.69) is 19.9 Å². The lowest BCUT2D eigenvalue weighted by Gasteiger charge is -2.24. The second-order valence-electron chi connectivity index (χ2n) is 5.95. The van der Waals surface area contributed by atoms with Gasteiger partial charge in [0.25, 0.3) is 5.91 Å². The van der Waals surface area contributed by atoms with E-state index in [0.717, 1.165) is 17.1 Å². The Kier molecular flexibility index (Phi) is 4.26. The number of benzene rings is 1. The second-order valence-corrected chi connectivity index (χ2v) is 5.95. The number of aromatic nitrogens is 3. The van der Waals surface area contributed by atoms with Gasteiger partial charge in [-0.05, 0) is 12.1 Å². The first-order valence-electron chi connectivity index (χ1n) is 8.21. The molecule has 6 heteroatoms. The zero-order chi connectivity index (χ0) is 17.1. The topological polar surface area (TPSA) is 69.0 Å². The molecule has 6 nitrogen and oxygen atoms in total. The summed E-state index contributed by atoms with van der Waals surface area (Å²) in [4.78, 5) is 20.7. The fourth-order valence-electron chi connectivity index (χ4n) is 2.87. The van der Waals surface area contributed by atoms with E-state index < -0.39 is 0 Å². The Morgan fingerprint density at radius 2 is 2.12 bits per heavy atom. The van der Waals surface area contributed by atoms with E-state index in [4.69, 9.17) is 4.74 Å². The summed E-state index contributed by atoms with van der Waals surface area (Å²) < 4.78 is 7.93. The van der Waals surface area contributed by atoms with Crippen molar-refractivity contribution in [1.82, 2.24) is 19.9 Å². The zero-order valence-corrected chi connectivity index (χ0v) is 13.6. The summed E-state index contributed by atoms with van der Waals surface area (Å²) in [7, 11) is 0. The first-order chi connectivity index (χ1) is 12.3. The van der Waals surface area contributed by atoms with Crippen molar-refractivity contribution < 1.29 is 9.53 Å².